The summed E-state index contributed by atoms with van der Waals surface area (Å²) in [6.45, 7) is 14.7. The maximum atomic E-state index is 6.38. The van der Waals surface area contributed by atoms with E-state index in [1.165, 1.54) is 11.1 Å². The molecule has 0 saturated carbocycles. The summed E-state index contributed by atoms with van der Waals surface area (Å²) in [5.41, 5.74) is 6.11. The molecule has 1 atom stereocenters. The summed E-state index contributed by atoms with van der Waals surface area (Å²) >= 11 is 0. The number of benzene rings is 3. The lowest BCUT2D eigenvalue weighted by atomic mass is 9.76. The van der Waals surface area contributed by atoms with Crippen LogP contribution >= 0.6 is 0 Å². The van der Waals surface area contributed by atoms with Gasteiger partial charge < -0.3 is 14.0 Å². The number of hydrogen-bond acceptors (Lipinski definition) is 3. The van der Waals surface area contributed by atoms with Crippen molar-refractivity contribution in [3.8, 4) is 28.0 Å². The van der Waals surface area contributed by atoms with Gasteiger partial charge in [-0.05, 0) is 93.9 Å². The molecule has 4 rings (SSSR count). The highest BCUT2D eigenvalue weighted by molar-refractivity contribution is 6.62. The molecule has 3 aromatic carbocycles. The maximum absolute atomic E-state index is 6.38. The summed E-state index contributed by atoms with van der Waals surface area (Å²) in [6.07, 6.45) is 1.19. The molecule has 172 valence electrons. The molecule has 0 N–H and O–H groups in total. The lowest BCUT2D eigenvalue weighted by Gasteiger charge is -2.32. The van der Waals surface area contributed by atoms with Gasteiger partial charge in [0.25, 0.3) is 0 Å². The topological polar surface area (TPSA) is 27.7 Å². The Bertz CT molecular complexity index is 1080. The van der Waals surface area contributed by atoms with Gasteiger partial charge >= 0.3 is 7.12 Å². The van der Waals surface area contributed by atoms with Crippen molar-refractivity contribution in [2.24, 2.45) is 0 Å². The molecule has 3 nitrogen and oxygen atoms in total. The molecule has 1 heterocycles. The van der Waals surface area contributed by atoms with Crippen LogP contribution in [0.15, 0.2) is 66.7 Å². The van der Waals surface area contributed by atoms with E-state index in [-0.39, 0.29) is 17.3 Å². The van der Waals surface area contributed by atoms with E-state index in [1.807, 2.05) is 0 Å². The first-order valence-corrected chi connectivity index (χ1v) is 11.9. The minimum atomic E-state index is -0.410. The molecular formula is C29H35BO3. The molecule has 1 saturated heterocycles. The zero-order valence-corrected chi connectivity index (χ0v) is 20.9. The summed E-state index contributed by atoms with van der Waals surface area (Å²) in [6, 6.07) is 23.6. The van der Waals surface area contributed by atoms with Gasteiger partial charge in [0.15, 0.2) is 0 Å². The molecule has 1 unspecified atom stereocenters. The second-order valence-electron chi connectivity index (χ2n) is 10.2. The molecule has 1 fully saturated rings. The van der Waals surface area contributed by atoms with E-state index in [0.29, 0.717) is 0 Å². The number of aryl methyl sites for hydroxylation is 1. The second kappa shape index (κ2) is 9.00. The van der Waals surface area contributed by atoms with Gasteiger partial charge in [0.05, 0.1) is 17.3 Å². The van der Waals surface area contributed by atoms with Crippen molar-refractivity contribution in [2.75, 3.05) is 0 Å². The van der Waals surface area contributed by atoms with E-state index >= 15 is 0 Å². The Labute approximate surface area is 199 Å². The summed E-state index contributed by atoms with van der Waals surface area (Å²) < 4.78 is 18.7. The Kier molecular flexibility index (Phi) is 6.44. The SMILES string of the molecule is CCC(C)Oc1ccc(-c2cc(B3OC(C)(C)C(C)(C)O3)cc(-c3ccc(C)cc3)c2)cc1. The molecule has 0 aliphatic carbocycles. The zero-order valence-electron chi connectivity index (χ0n) is 20.9. The van der Waals surface area contributed by atoms with Gasteiger partial charge in [-0.1, -0.05) is 61.0 Å². The fraction of sp³-hybridized carbons (Fsp3) is 0.379. The molecule has 0 aromatic heterocycles. The molecule has 1 aliphatic rings. The Morgan fingerprint density at radius 1 is 0.758 bits per heavy atom. The Morgan fingerprint density at radius 2 is 1.24 bits per heavy atom. The molecule has 3 aromatic rings. The molecule has 0 amide bonds. The summed E-state index contributed by atoms with van der Waals surface area (Å²) in [7, 11) is -0.410. The fourth-order valence-corrected chi connectivity index (χ4v) is 3.89. The molecule has 1 aliphatic heterocycles. The van der Waals surface area contributed by atoms with Gasteiger partial charge in [-0.2, -0.15) is 0 Å². The number of hydrogen-bond donors (Lipinski definition) is 0. The second-order valence-corrected chi connectivity index (χ2v) is 10.2. The minimum Gasteiger partial charge on any atom is -0.491 e. The van der Waals surface area contributed by atoms with Gasteiger partial charge in [-0.3, -0.25) is 0 Å². The third-order valence-electron chi connectivity index (χ3n) is 6.97. The van der Waals surface area contributed by atoms with Crippen LogP contribution in [-0.2, 0) is 9.31 Å². The smallest absolute Gasteiger partial charge is 0.491 e. The van der Waals surface area contributed by atoms with Crippen molar-refractivity contribution in [1.29, 1.82) is 0 Å². The van der Waals surface area contributed by atoms with Crippen molar-refractivity contribution < 1.29 is 14.0 Å². The van der Waals surface area contributed by atoms with E-state index in [0.717, 1.165) is 34.3 Å². The summed E-state index contributed by atoms with van der Waals surface area (Å²) in [5, 5.41) is 0. The first-order valence-electron chi connectivity index (χ1n) is 11.9. The van der Waals surface area contributed by atoms with Crippen LogP contribution in [0.5, 0.6) is 5.75 Å². The fourth-order valence-electron chi connectivity index (χ4n) is 3.89. The molecule has 0 spiro atoms. The van der Waals surface area contributed by atoms with Crippen LogP contribution in [-0.4, -0.2) is 24.4 Å². The van der Waals surface area contributed by atoms with Crippen molar-refractivity contribution in [1.82, 2.24) is 0 Å². The van der Waals surface area contributed by atoms with Crippen LogP contribution in [0.1, 0.15) is 53.5 Å². The normalized spacial score (nSPS) is 17.7. The molecule has 33 heavy (non-hydrogen) atoms. The third kappa shape index (κ3) is 5.02. The predicted octanol–water partition coefficient (Wildman–Crippen LogP) is 6.81. The standard InChI is InChI=1S/C29H35BO3/c1-8-21(3)31-27-15-13-23(14-16-27)25-17-24(22-11-9-20(2)10-12-22)18-26(19-25)30-32-28(4,5)29(6,7)33-30/h9-19,21H,8H2,1-7H3. The van der Waals surface area contributed by atoms with Gasteiger partial charge in [-0.25, -0.2) is 0 Å². The Morgan fingerprint density at radius 3 is 1.73 bits per heavy atom. The van der Waals surface area contributed by atoms with Gasteiger partial charge in [0, 0.05) is 0 Å². The highest BCUT2D eigenvalue weighted by atomic mass is 16.7. The molecule has 0 radical (unpaired) electrons. The summed E-state index contributed by atoms with van der Waals surface area (Å²) in [5.74, 6) is 0.897. The first kappa shape index (κ1) is 23.6. The third-order valence-corrected chi connectivity index (χ3v) is 6.97. The van der Waals surface area contributed by atoms with Gasteiger partial charge in [0.1, 0.15) is 5.75 Å². The lowest BCUT2D eigenvalue weighted by Crippen LogP contribution is -2.41. The van der Waals surface area contributed by atoms with Crippen LogP contribution in [0, 0.1) is 6.92 Å². The number of ether oxygens (including phenoxy) is 1. The highest BCUT2D eigenvalue weighted by Gasteiger charge is 2.51. The van der Waals surface area contributed by atoms with Gasteiger partial charge in [0.2, 0.25) is 0 Å². The van der Waals surface area contributed by atoms with Crippen molar-refractivity contribution >= 4 is 12.6 Å². The van der Waals surface area contributed by atoms with Crippen LogP contribution < -0.4 is 10.2 Å². The van der Waals surface area contributed by atoms with E-state index in [1.54, 1.807) is 0 Å². The van der Waals surface area contributed by atoms with E-state index in [9.17, 15) is 0 Å². The quantitative estimate of drug-likeness (QED) is 0.393. The zero-order chi connectivity index (χ0) is 23.8. The monoisotopic (exact) mass is 442 g/mol. The first-order chi connectivity index (χ1) is 15.6. The van der Waals surface area contributed by atoms with Crippen LogP contribution in [0.2, 0.25) is 0 Å². The average Bonchev–Trinajstić information content (AvgIpc) is 3.01. The lowest BCUT2D eigenvalue weighted by molar-refractivity contribution is 0.00578. The Hall–Kier alpha value is -2.56. The number of rotatable bonds is 6. The minimum absolute atomic E-state index is 0.204. The van der Waals surface area contributed by atoms with Crippen molar-refractivity contribution in [3.63, 3.8) is 0 Å². The maximum Gasteiger partial charge on any atom is 0.494 e. The van der Waals surface area contributed by atoms with Gasteiger partial charge in [-0.15, -0.1) is 0 Å². The molecule has 4 heteroatoms. The van der Waals surface area contributed by atoms with E-state index in [2.05, 4.69) is 115 Å². The van der Waals surface area contributed by atoms with Crippen LogP contribution in [0.25, 0.3) is 22.3 Å². The average molecular weight is 442 g/mol. The highest BCUT2D eigenvalue weighted by Crippen LogP contribution is 2.37. The Balaban J connectivity index is 1.74. The van der Waals surface area contributed by atoms with Crippen molar-refractivity contribution in [3.05, 3.63) is 72.3 Å². The van der Waals surface area contributed by atoms with E-state index < -0.39 is 7.12 Å². The predicted molar refractivity (Wildman–Crippen MR) is 138 cm³/mol. The van der Waals surface area contributed by atoms with E-state index in [4.69, 9.17) is 14.0 Å². The molecular weight excluding hydrogens is 407 g/mol. The summed E-state index contributed by atoms with van der Waals surface area (Å²) in [4.78, 5) is 0. The van der Waals surface area contributed by atoms with Crippen LogP contribution in [0.4, 0.5) is 0 Å². The van der Waals surface area contributed by atoms with Crippen molar-refractivity contribution in [2.45, 2.75) is 72.2 Å². The largest absolute Gasteiger partial charge is 0.494 e. The van der Waals surface area contributed by atoms with Crippen LogP contribution in [0.3, 0.4) is 0 Å². The molecule has 0 bridgehead atoms.